The van der Waals surface area contributed by atoms with E-state index in [-0.39, 0.29) is 0 Å². The first-order valence-electron chi connectivity index (χ1n) is 3.70. The van der Waals surface area contributed by atoms with E-state index in [0.29, 0.717) is 7.11 Å². The van der Waals surface area contributed by atoms with Crippen LogP contribution in [0.4, 0.5) is 31.1 Å². The first-order valence-corrected chi connectivity index (χ1v) is 5.77. The summed E-state index contributed by atoms with van der Waals surface area (Å²) in [6, 6.07) is 0. The highest BCUT2D eigenvalue weighted by molar-refractivity contribution is 7.80. The maximum Gasteiger partial charge on any atom is 0.396 e. The van der Waals surface area contributed by atoms with Crippen molar-refractivity contribution in [3.8, 4) is 0 Å². The van der Waals surface area contributed by atoms with Crippen LogP contribution in [0.5, 0.6) is 0 Å². The molecule has 0 heterocycles. The maximum atomic E-state index is 11.9. The predicted octanol–water partition coefficient (Wildman–Crippen LogP) is 3.24. The van der Waals surface area contributed by atoms with Gasteiger partial charge in [0.05, 0.1) is 7.11 Å². The fraction of sp³-hybridized carbons (Fsp3) is 0.833. The molecule has 0 fully saturated rings. The fourth-order valence-corrected chi connectivity index (χ4v) is 2.79. The Morgan fingerprint density at radius 1 is 1.06 bits per heavy atom. The van der Waals surface area contributed by atoms with Crippen LogP contribution in [0.15, 0.2) is 0 Å². The highest BCUT2D eigenvalue weighted by Gasteiger charge is 2.50. The Morgan fingerprint density at radius 2 is 1.38 bits per heavy atom. The molecule has 0 aliphatic rings. The van der Waals surface area contributed by atoms with E-state index in [1.54, 1.807) is 0 Å². The predicted molar refractivity (Wildman–Crippen MR) is 41.9 cm³/mol. The van der Waals surface area contributed by atoms with Gasteiger partial charge in [-0.05, 0) is 0 Å². The van der Waals surface area contributed by atoms with Crippen molar-refractivity contribution in [2.45, 2.75) is 12.4 Å². The third kappa shape index (κ3) is 5.39. The second-order valence-corrected chi connectivity index (χ2v) is 5.68. The molecule has 0 rings (SSSR count). The van der Waals surface area contributed by atoms with E-state index in [4.69, 9.17) is 0 Å². The molecule has 0 aliphatic heterocycles. The second-order valence-electron chi connectivity index (χ2n) is 2.91. The lowest BCUT2D eigenvalue weighted by atomic mass is 10.8. The number of halogens is 6. The largest absolute Gasteiger partial charge is 0.464 e. The standard InChI is InChI=1S/C6H7F6O3P/c1-15-4(13)16(14,2-5(7,8)9)3-6(10,11)12/h2-3H2,1H3. The molecule has 16 heavy (non-hydrogen) atoms. The molecule has 0 aliphatic carbocycles. The van der Waals surface area contributed by atoms with Gasteiger partial charge in [0.15, 0.2) is 0 Å². The van der Waals surface area contributed by atoms with Crippen LogP contribution in [0.2, 0.25) is 0 Å². The zero-order chi connectivity index (χ0) is 13.2. The lowest BCUT2D eigenvalue weighted by Crippen LogP contribution is -2.25. The smallest absolute Gasteiger partial charge is 0.396 e. The topological polar surface area (TPSA) is 43.4 Å². The normalized spacial score (nSPS) is 13.7. The summed E-state index contributed by atoms with van der Waals surface area (Å²) in [6.45, 7) is 0. The molecule has 0 saturated heterocycles. The summed E-state index contributed by atoms with van der Waals surface area (Å²) in [5, 5.41) is 0. The van der Waals surface area contributed by atoms with Crippen molar-refractivity contribution in [2.24, 2.45) is 0 Å². The lowest BCUT2D eigenvalue weighted by Gasteiger charge is -2.18. The minimum Gasteiger partial charge on any atom is -0.464 e. The maximum absolute atomic E-state index is 11.9. The number of rotatable bonds is 3. The van der Waals surface area contributed by atoms with Gasteiger partial charge < -0.3 is 9.30 Å². The summed E-state index contributed by atoms with van der Waals surface area (Å²) >= 11 is 0. The molecule has 0 unspecified atom stereocenters. The summed E-state index contributed by atoms with van der Waals surface area (Å²) in [7, 11) is -4.59. The Labute approximate surface area is 86.1 Å². The van der Waals surface area contributed by atoms with Gasteiger partial charge in [0.25, 0.3) is 0 Å². The number of carbonyl (C=O) groups excluding carboxylic acids is 1. The van der Waals surface area contributed by atoms with Crippen LogP contribution in [0.3, 0.4) is 0 Å². The van der Waals surface area contributed by atoms with Gasteiger partial charge >= 0.3 is 18.1 Å². The van der Waals surface area contributed by atoms with Crippen LogP contribution < -0.4 is 0 Å². The zero-order valence-corrected chi connectivity index (χ0v) is 8.75. The Kier molecular flexibility index (Phi) is 4.44. The van der Waals surface area contributed by atoms with Crippen molar-refractivity contribution < 1.29 is 40.4 Å². The minimum absolute atomic E-state index is 0.571. The summed E-state index contributed by atoms with van der Waals surface area (Å²) in [4.78, 5) is 10.7. The molecule has 0 saturated carbocycles. The number of hydrogen-bond acceptors (Lipinski definition) is 3. The van der Waals surface area contributed by atoms with Gasteiger partial charge in [-0.1, -0.05) is 0 Å². The van der Waals surface area contributed by atoms with Gasteiger partial charge in [-0.15, -0.1) is 0 Å². The molecule has 0 aromatic carbocycles. The fourth-order valence-electron chi connectivity index (χ4n) is 0.931. The number of methoxy groups -OCH3 is 1. The Hall–Kier alpha value is -0.720. The molecule has 0 spiro atoms. The molecule has 0 aromatic rings. The van der Waals surface area contributed by atoms with Crippen molar-refractivity contribution in [1.29, 1.82) is 0 Å². The van der Waals surface area contributed by atoms with E-state index in [0.717, 1.165) is 0 Å². The second kappa shape index (κ2) is 4.65. The van der Waals surface area contributed by atoms with Crippen LogP contribution in [-0.4, -0.2) is 37.5 Å². The van der Waals surface area contributed by atoms with E-state index in [9.17, 15) is 35.7 Å². The third-order valence-corrected chi connectivity index (χ3v) is 3.96. The molecule has 0 atom stereocenters. The van der Waals surface area contributed by atoms with Gasteiger partial charge in [0, 0.05) is 0 Å². The van der Waals surface area contributed by atoms with Crippen LogP contribution in [0.1, 0.15) is 0 Å². The highest BCUT2D eigenvalue weighted by Crippen LogP contribution is 2.54. The van der Waals surface area contributed by atoms with Crippen molar-refractivity contribution in [3.05, 3.63) is 0 Å². The monoisotopic (exact) mass is 272 g/mol. The number of alkyl halides is 6. The van der Waals surface area contributed by atoms with Crippen molar-refractivity contribution in [2.75, 3.05) is 19.4 Å². The number of hydrogen-bond donors (Lipinski definition) is 0. The Morgan fingerprint density at radius 3 is 1.56 bits per heavy atom. The third-order valence-electron chi connectivity index (χ3n) is 1.38. The van der Waals surface area contributed by atoms with E-state index in [1.165, 1.54) is 0 Å². The summed E-state index contributed by atoms with van der Waals surface area (Å²) in [6.07, 6.45) is -14.9. The summed E-state index contributed by atoms with van der Waals surface area (Å²) in [5.74, 6) is 0. The highest BCUT2D eigenvalue weighted by atomic mass is 31.2. The Balaban J connectivity index is 5.07. The average molecular weight is 272 g/mol. The average Bonchev–Trinajstić information content (AvgIpc) is 1.95. The van der Waals surface area contributed by atoms with Crippen LogP contribution in [-0.2, 0) is 9.30 Å². The van der Waals surface area contributed by atoms with E-state index in [1.807, 2.05) is 0 Å². The number of ether oxygens (including phenoxy) is 1. The van der Waals surface area contributed by atoms with E-state index >= 15 is 0 Å². The lowest BCUT2D eigenvalue weighted by molar-refractivity contribution is -0.112. The van der Waals surface area contributed by atoms with Gasteiger partial charge in [-0.25, -0.2) is 4.79 Å². The minimum atomic E-state index is -5.16. The number of carbonyl (C=O) groups is 1. The Bertz CT molecular complexity index is 286. The molecular weight excluding hydrogens is 265 g/mol. The van der Waals surface area contributed by atoms with Crippen molar-refractivity contribution >= 4 is 12.9 Å². The first-order chi connectivity index (χ1) is 6.90. The van der Waals surface area contributed by atoms with Crippen LogP contribution in [0.25, 0.3) is 0 Å². The zero-order valence-electron chi connectivity index (χ0n) is 7.85. The molecular formula is C6H7F6O3P. The molecule has 0 radical (unpaired) electrons. The van der Waals surface area contributed by atoms with Crippen LogP contribution in [0, 0.1) is 0 Å². The van der Waals surface area contributed by atoms with Gasteiger partial charge in [0.1, 0.15) is 12.3 Å². The van der Waals surface area contributed by atoms with E-state index < -0.39 is 37.5 Å². The quantitative estimate of drug-likeness (QED) is 0.585. The first kappa shape index (κ1) is 15.3. The van der Waals surface area contributed by atoms with Gasteiger partial charge in [-0.2, -0.15) is 26.3 Å². The van der Waals surface area contributed by atoms with Crippen molar-refractivity contribution in [1.82, 2.24) is 0 Å². The van der Waals surface area contributed by atoms with Gasteiger partial charge in [-0.3, -0.25) is 0 Å². The summed E-state index contributed by atoms with van der Waals surface area (Å²) < 4.78 is 86.2. The van der Waals surface area contributed by atoms with Gasteiger partial charge in [0.2, 0.25) is 7.14 Å². The molecule has 0 bridgehead atoms. The summed E-state index contributed by atoms with van der Waals surface area (Å²) in [5.41, 5.74) is -1.97. The molecule has 96 valence electrons. The SMILES string of the molecule is COC(=O)P(=O)(CC(F)(F)F)CC(F)(F)F. The molecule has 0 N–H and O–H groups in total. The molecule has 10 heteroatoms. The molecule has 0 aromatic heterocycles. The van der Waals surface area contributed by atoms with Crippen LogP contribution >= 0.6 is 7.14 Å². The van der Waals surface area contributed by atoms with E-state index in [2.05, 4.69) is 4.74 Å². The van der Waals surface area contributed by atoms with Crippen molar-refractivity contribution in [3.63, 3.8) is 0 Å². The molecule has 0 amide bonds. The molecule has 3 nitrogen and oxygen atoms in total.